The minimum Gasteiger partial charge on any atom is -0.477 e. The van der Waals surface area contributed by atoms with E-state index in [1.807, 2.05) is 0 Å². The van der Waals surface area contributed by atoms with Crippen molar-refractivity contribution in [2.75, 3.05) is 44.4 Å². The first kappa shape index (κ1) is 30.9. The maximum atomic E-state index is 15.2. The molecule has 5 rings (SSSR count). The Labute approximate surface area is 256 Å². The van der Waals surface area contributed by atoms with Gasteiger partial charge in [-0.25, -0.2) is 18.5 Å². The van der Waals surface area contributed by atoms with Crippen LogP contribution < -0.4 is 20.1 Å². The second-order valence-corrected chi connectivity index (χ2v) is 12.0. The van der Waals surface area contributed by atoms with Gasteiger partial charge < -0.3 is 25.4 Å². The number of anilines is 1. The Kier molecular flexibility index (Phi) is 8.87. The van der Waals surface area contributed by atoms with E-state index in [-0.39, 0.29) is 43.7 Å². The molecule has 2 aromatic rings. The number of rotatable bonds is 10. The van der Waals surface area contributed by atoms with Crippen LogP contribution in [0, 0.1) is 5.82 Å². The molecule has 3 atom stereocenters. The largest absolute Gasteiger partial charge is 0.477 e. The first-order valence-electron chi connectivity index (χ1n) is 13.8. The van der Waals surface area contributed by atoms with Gasteiger partial charge in [0.05, 0.1) is 25.3 Å². The average molecular weight is 628 g/mol. The Morgan fingerprint density at radius 3 is 2.55 bits per heavy atom. The Balaban J connectivity index is 1.26. The molecule has 0 aliphatic carbocycles. The van der Waals surface area contributed by atoms with Gasteiger partial charge in [0.2, 0.25) is 11.8 Å². The van der Waals surface area contributed by atoms with Crippen molar-refractivity contribution < 1.29 is 42.8 Å². The lowest BCUT2D eigenvalue weighted by atomic mass is 10.0. The van der Waals surface area contributed by atoms with Gasteiger partial charge in [0.1, 0.15) is 29.0 Å². The number of amides is 4. The van der Waals surface area contributed by atoms with Gasteiger partial charge in [0.15, 0.2) is 18.9 Å². The molecule has 4 amide bonds. The molecular formula is C29H32FN6O7S+. The van der Waals surface area contributed by atoms with E-state index in [4.69, 9.17) is 4.74 Å². The third-order valence-electron chi connectivity index (χ3n) is 7.32. The summed E-state index contributed by atoms with van der Waals surface area (Å²) in [5, 5.41) is 14.8. The molecule has 13 nitrogen and oxygen atoms in total. The van der Waals surface area contributed by atoms with Crippen LogP contribution in [0.4, 0.5) is 14.9 Å². The van der Waals surface area contributed by atoms with E-state index in [0.29, 0.717) is 28.1 Å². The maximum Gasteiger partial charge on any atom is 0.414 e. The number of halogens is 1. The molecule has 15 heteroatoms. The molecule has 0 spiro atoms. The molecule has 1 aromatic carbocycles. The zero-order valence-corrected chi connectivity index (χ0v) is 25.1. The highest BCUT2D eigenvalue weighted by atomic mass is 32.2. The molecule has 1 aromatic heterocycles. The molecule has 44 heavy (non-hydrogen) atoms. The SMILES string of the molecule is CC(=O)NC[C@H]1CN(c2ccc(-c3cc[n+](CC4=C(C(=O)O)N5C(=O)[C@@H](NC(=O)CN(C)C)C5SC4)cc3)c(F)c2)C(=O)O1. The van der Waals surface area contributed by atoms with Crippen molar-refractivity contribution in [2.24, 2.45) is 0 Å². The molecule has 1 unspecified atom stereocenters. The summed E-state index contributed by atoms with van der Waals surface area (Å²) in [5.74, 6) is -2.44. The number of carboxylic acid groups (broad SMARTS) is 1. The Morgan fingerprint density at radius 1 is 1.18 bits per heavy atom. The van der Waals surface area contributed by atoms with Crippen LogP contribution in [0.15, 0.2) is 54.0 Å². The monoisotopic (exact) mass is 627 g/mol. The number of nitrogens with zero attached hydrogens (tertiary/aromatic N) is 4. The van der Waals surface area contributed by atoms with E-state index in [9.17, 15) is 29.1 Å². The number of benzene rings is 1. The summed E-state index contributed by atoms with van der Waals surface area (Å²) in [6.45, 7) is 2.01. The molecule has 0 radical (unpaired) electrons. The predicted octanol–water partition coefficient (Wildman–Crippen LogP) is 0.542. The summed E-state index contributed by atoms with van der Waals surface area (Å²) in [5.41, 5.74) is 1.65. The molecule has 2 saturated heterocycles. The predicted molar refractivity (Wildman–Crippen MR) is 157 cm³/mol. The zero-order valence-electron chi connectivity index (χ0n) is 24.3. The molecule has 2 fully saturated rings. The first-order valence-corrected chi connectivity index (χ1v) is 14.8. The van der Waals surface area contributed by atoms with Crippen LogP contribution in [-0.2, 0) is 30.5 Å². The highest BCUT2D eigenvalue weighted by molar-refractivity contribution is 8.00. The van der Waals surface area contributed by atoms with E-state index in [0.717, 1.165) is 0 Å². The van der Waals surface area contributed by atoms with Crippen LogP contribution >= 0.6 is 11.8 Å². The van der Waals surface area contributed by atoms with Crippen molar-refractivity contribution in [3.63, 3.8) is 0 Å². The van der Waals surface area contributed by atoms with Crippen LogP contribution in [0.3, 0.4) is 0 Å². The second kappa shape index (κ2) is 12.6. The normalized spacial score (nSPS) is 21.2. The molecule has 232 valence electrons. The van der Waals surface area contributed by atoms with Gasteiger partial charge >= 0.3 is 12.1 Å². The number of likely N-dealkylation sites (N-methyl/N-ethyl adjacent to an activating group) is 1. The van der Waals surface area contributed by atoms with Crippen molar-refractivity contribution in [1.82, 2.24) is 20.4 Å². The number of hydrogen-bond acceptors (Lipinski definition) is 8. The Morgan fingerprint density at radius 2 is 1.91 bits per heavy atom. The number of carbonyl (C=O) groups is 5. The van der Waals surface area contributed by atoms with Gasteiger partial charge in [0.25, 0.3) is 5.91 Å². The minimum atomic E-state index is -1.22. The summed E-state index contributed by atoms with van der Waals surface area (Å²) < 4.78 is 22.2. The van der Waals surface area contributed by atoms with Crippen molar-refractivity contribution in [3.05, 3.63) is 59.8 Å². The quantitative estimate of drug-likeness (QED) is 0.253. The fourth-order valence-electron chi connectivity index (χ4n) is 5.28. The van der Waals surface area contributed by atoms with E-state index in [2.05, 4.69) is 10.6 Å². The van der Waals surface area contributed by atoms with Crippen LogP contribution in [-0.4, -0.2) is 102 Å². The fraction of sp³-hybridized carbons (Fsp3) is 0.379. The van der Waals surface area contributed by atoms with Gasteiger partial charge in [-0.1, -0.05) is 0 Å². The summed E-state index contributed by atoms with van der Waals surface area (Å²) in [7, 11) is 3.47. The van der Waals surface area contributed by atoms with Crippen molar-refractivity contribution in [1.29, 1.82) is 0 Å². The van der Waals surface area contributed by atoms with E-state index in [1.54, 1.807) is 60.2 Å². The lowest BCUT2D eigenvalue weighted by Crippen LogP contribution is -2.71. The Hall–Kier alpha value is -4.50. The van der Waals surface area contributed by atoms with Gasteiger partial charge in [0, 0.05) is 35.9 Å². The van der Waals surface area contributed by atoms with E-state index in [1.165, 1.54) is 34.6 Å². The van der Waals surface area contributed by atoms with Gasteiger partial charge in [-0.3, -0.25) is 24.2 Å². The Bertz CT molecular complexity index is 1550. The van der Waals surface area contributed by atoms with Gasteiger partial charge in [-0.05, 0) is 37.9 Å². The number of nitrogens with one attached hydrogen (secondary N) is 2. The highest BCUT2D eigenvalue weighted by Crippen LogP contribution is 2.40. The number of pyridine rings is 1. The van der Waals surface area contributed by atoms with Crippen molar-refractivity contribution in [2.45, 2.75) is 31.0 Å². The summed E-state index contributed by atoms with van der Waals surface area (Å²) in [4.78, 5) is 64.9. The number of aliphatic carboxylic acids is 1. The standard InChI is InChI=1S/C29H31FN6O7S/c1-16(37)31-11-20-13-35(29(42)43-20)19-4-5-21(22(30)10-19)17-6-8-34(9-7-17)12-18-15-44-27-24(32-23(38)14-33(2)3)26(39)36(27)25(18)28(40)41/h4-10,20,24,27H,11-15H2,1-3H3,(H2-,31,32,37,38,40,41)/p+1/t20-,24+,27?/m0/s1. The highest BCUT2D eigenvalue weighted by Gasteiger charge is 2.54. The number of carboxylic acids is 1. The number of fused-ring (bicyclic) bond motifs is 1. The zero-order chi connectivity index (χ0) is 31.7. The summed E-state index contributed by atoms with van der Waals surface area (Å²) in [6, 6.07) is 7.02. The van der Waals surface area contributed by atoms with Crippen LogP contribution in [0.2, 0.25) is 0 Å². The summed E-state index contributed by atoms with van der Waals surface area (Å²) in [6.07, 6.45) is 2.22. The van der Waals surface area contributed by atoms with Gasteiger partial charge in [-0.2, -0.15) is 0 Å². The number of thioether (sulfide) groups is 1. The molecule has 3 aliphatic rings. The number of carbonyl (C=O) groups excluding carboxylic acids is 4. The molecular weight excluding hydrogens is 595 g/mol. The number of β-lactam (4-membered cyclic amide) rings is 1. The summed E-state index contributed by atoms with van der Waals surface area (Å²) >= 11 is 1.39. The van der Waals surface area contributed by atoms with Gasteiger partial charge in [-0.15, -0.1) is 11.8 Å². The lowest BCUT2D eigenvalue weighted by molar-refractivity contribution is -0.689. The van der Waals surface area contributed by atoms with E-state index >= 15 is 4.39 Å². The second-order valence-electron chi connectivity index (χ2n) is 10.9. The first-order chi connectivity index (χ1) is 20.9. The number of hydrogen-bond donors (Lipinski definition) is 3. The molecule has 0 saturated carbocycles. The average Bonchev–Trinajstić information content (AvgIpc) is 3.34. The minimum absolute atomic E-state index is 0.0881. The number of aromatic nitrogens is 1. The molecule has 0 bridgehead atoms. The number of cyclic esters (lactones) is 1. The third kappa shape index (κ3) is 6.38. The lowest BCUT2D eigenvalue weighted by Gasteiger charge is -2.49. The third-order valence-corrected chi connectivity index (χ3v) is 8.66. The smallest absolute Gasteiger partial charge is 0.414 e. The maximum absolute atomic E-state index is 15.2. The van der Waals surface area contributed by atoms with Crippen molar-refractivity contribution in [3.8, 4) is 11.1 Å². The van der Waals surface area contributed by atoms with Crippen LogP contribution in [0.25, 0.3) is 11.1 Å². The van der Waals surface area contributed by atoms with Crippen LogP contribution in [0.1, 0.15) is 6.92 Å². The fourth-order valence-corrected chi connectivity index (χ4v) is 6.61. The van der Waals surface area contributed by atoms with E-state index < -0.39 is 41.3 Å². The molecule has 3 aliphatic heterocycles. The van der Waals surface area contributed by atoms with Crippen molar-refractivity contribution >= 4 is 47.2 Å². The molecule has 4 heterocycles. The number of ether oxygens (including phenoxy) is 1. The molecule has 3 N–H and O–H groups in total. The topological polar surface area (TPSA) is 152 Å². The van der Waals surface area contributed by atoms with Crippen LogP contribution in [0.5, 0.6) is 0 Å².